The minimum atomic E-state index is -0.213. The van der Waals surface area contributed by atoms with Gasteiger partial charge >= 0.3 is 0 Å². The number of aryl methyl sites for hydroxylation is 1. The average Bonchev–Trinajstić information content (AvgIpc) is 3.15. The molecule has 1 aromatic heterocycles. The summed E-state index contributed by atoms with van der Waals surface area (Å²) in [6, 6.07) is 11.5. The highest BCUT2D eigenvalue weighted by Gasteiger charge is 2.38. The van der Waals surface area contributed by atoms with Crippen molar-refractivity contribution in [3.8, 4) is 0 Å². The van der Waals surface area contributed by atoms with E-state index in [-0.39, 0.29) is 23.8 Å². The molecule has 1 N–H and O–H groups in total. The second-order valence-electron chi connectivity index (χ2n) is 6.42. The molecule has 2 aromatic rings. The molecule has 1 aliphatic rings. The quantitative estimate of drug-likeness (QED) is 0.818. The van der Waals surface area contributed by atoms with Crippen LogP contribution >= 0.6 is 0 Å². The first kappa shape index (κ1) is 17.2. The number of nitrogens with zero attached hydrogens (tertiary/aromatic N) is 3. The summed E-state index contributed by atoms with van der Waals surface area (Å²) in [5.74, 6) is -0.0972. The lowest BCUT2D eigenvalue weighted by Gasteiger charge is -2.38. The van der Waals surface area contributed by atoms with E-state index in [9.17, 15) is 9.59 Å². The molecule has 2 heterocycles. The maximum atomic E-state index is 12.7. The van der Waals surface area contributed by atoms with Crippen molar-refractivity contribution in [1.82, 2.24) is 20.0 Å². The van der Waals surface area contributed by atoms with Gasteiger partial charge < -0.3 is 10.2 Å². The first-order chi connectivity index (χ1) is 12.2. The Morgan fingerprint density at radius 3 is 2.80 bits per heavy atom. The van der Waals surface area contributed by atoms with Crippen LogP contribution in [0.25, 0.3) is 0 Å². The highest BCUT2D eigenvalue weighted by atomic mass is 16.2. The van der Waals surface area contributed by atoms with Crippen LogP contribution in [0.4, 0.5) is 0 Å². The van der Waals surface area contributed by atoms with Crippen molar-refractivity contribution in [2.24, 2.45) is 5.92 Å². The van der Waals surface area contributed by atoms with Crippen LogP contribution in [-0.2, 0) is 16.1 Å². The third-order valence-corrected chi connectivity index (χ3v) is 4.76. The molecular formula is C19H24N4O2. The number of aromatic nitrogens is 2. The van der Waals surface area contributed by atoms with Gasteiger partial charge in [0.2, 0.25) is 11.8 Å². The lowest BCUT2D eigenvalue weighted by atomic mass is 9.84. The summed E-state index contributed by atoms with van der Waals surface area (Å²) in [6.07, 6.45) is 5.50. The molecule has 1 aromatic carbocycles. The van der Waals surface area contributed by atoms with E-state index in [2.05, 4.69) is 10.4 Å². The Morgan fingerprint density at radius 2 is 2.08 bits per heavy atom. The van der Waals surface area contributed by atoms with Crippen molar-refractivity contribution in [3.63, 3.8) is 0 Å². The molecule has 0 aliphatic carbocycles. The van der Waals surface area contributed by atoms with Gasteiger partial charge in [-0.2, -0.15) is 5.10 Å². The van der Waals surface area contributed by atoms with E-state index in [1.165, 1.54) is 0 Å². The van der Waals surface area contributed by atoms with Crippen LogP contribution in [0.3, 0.4) is 0 Å². The van der Waals surface area contributed by atoms with E-state index >= 15 is 0 Å². The number of rotatable bonds is 6. The minimum Gasteiger partial charge on any atom is -0.356 e. The monoisotopic (exact) mass is 340 g/mol. The van der Waals surface area contributed by atoms with Crippen LogP contribution in [0.5, 0.6) is 0 Å². The largest absolute Gasteiger partial charge is 0.356 e. The normalized spacial score (nSPS) is 20.5. The number of carbonyl (C=O) groups excluding carboxylic acids is 2. The Kier molecular flexibility index (Phi) is 5.48. The Labute approximate surface area is 147 Å². The Hall–Kier alpha value is -2.63. The molecule has 0 saturated carbocycles. The van der Waals surface area contributed by atoms with E-state index in [0.717, 1.165) is 18.5 Å². The van der Waals surface area contributed by atoms with Gasteiger partial charge in [0.25, 0.3) is 0 Å². The zero-order valence-electron chi connectivity index (χ0n) is 14.5. The van der Waals surface area contributed by atoms with E-state index in [1.807, 2.05) is 47.3 Å². The standard InChI is InChI=1S/C19H24N4O2/c1-22-17(24)10-9-16(18(22)15-7-3-2-4-8-15)19(25)20-11-5-13-23-14-6-12-21-23/h2-4,6-8,12,14,16,18H,5,9-11,13H2,1H3,(H,20,25). The van der Waals surface area contributed by atoms with Gasteiger partial charge in [0.05, 0.1) is 12.0 Å². The van der Waals surface area contributed by atoms with E-state index in [1.54, 1.807) is 18.1 Å². The summed E-state index contributed by atoms with van der Waals surface area (Å²) in [5.41, 5.74) is 1.01. The molecule has 0 bridgehead atoms. The van der Waals surface area contributed by atoms with Gasteiger partial charge in [0.15, 0.2) is 0 Å². The summed E-state index contributed by atoms with van der Waals surface area (Å²) in [5, 5.41) is 7.18. The molecule has 25 heavy (non-hydrogen) atoms. The molecule has 0 spiro atoms. The first-order valence-corrected chi connectivity index (χ1v) is 8.72. The summed E-state index contributed by atoms with van der Waals surface area (Å²) >= 11 is 0. The van der Waals surface area contributed by atoms with Crippen LogP contribution in [0.1, 0.15) is 30.9 Å². The molecule has 2 unspecified atom stereocenters. The van der Waals surface area contributed by atoms with Gasteiger partial charge in [-0.05, 0) is 24.5 Å². The van der Waals surface area contributed by atoms with E-state index in [4.69, 9.17) is 0 Å². The number of piperidine rings is 1. The predicted molar refractivity (Wildman–Crippen MR) is 94.5 cm³/mol. The number of hydrogen-bond acceptors (Lipinski definition) is 3. The number of hydrogen-bond donors (Lipinski definition) is 1. The molecule has 2 atom stereocenters. The van der Waals surface area contributed by atoms with E-state index < -0.39 is 0 Å². The van der Waals surface area contributed by atoms with Crippen molar-refractivity contribution >= 4 is 11.8 Å². The lowest BCUT2D eigenvalue weighted by molar-refractivity contribution is -0.141. The topological polar surface area (TPSA) is 67.2 Å². The smallest absolute Gasteiger partial charge is 0.225 e. The number of benzene rings is 1. The molecular weight excluding hydrogens is 316 g/mol. The molecule has 1 fully saturated rings. The molecule has 132 valence electrons. The number of nitrogens with one attached hydrogen (secondary N) is 1. The van der Waals surface area contributed by atoms with Gasteiger partial charge in [-0.25, -0.2) is 0 Å². The summed E-state index contributed by atoms with van der Waals surface area (Å²) in [7, 11) is 1.79. The average molecular weight is 340 g/mol. The highest BCUT2D eigenvalue weighted by molar-refractivity contribution is 5.84. The number of amides is 2. The minimum absolute atomic E-state index is 0.0219. The second kappa shape index (κ2) is 7.96. The van der Waals surface area contributed by atoms with Crippen LogP contribution in [0, 0.1) is 5.92 Å². The van der Waals surface area contributed by atoms with Gasteiger partial charge in [0, 0.05) is 39.0 Å². The van der Waals surface area contributed by atoms with Crippen LogP contribution in [-0.4, -0.2) is 40.1 Å². The summed E-state index contributed by atoms with van der Waals surface area (Å²) in [4.78, 5) is 26.6. The zero-order chi connectivity index (χ0) is 17.6. The molecule has 1 aliphatic heterocycles. The third kappa shape index (κ3) is 4.07. The van der Waals surface area contributed by atoms with Gasteiger partial charge in [-0.1, -0.05) is 30.3 Å². The fourth-order valence-corrected chi connectivity index (χ4v) is 3.44. The maximum Gasteiger partial charge on any atom is 0.225 e. The van der Waals surface area contributed by atoms with E-state index in [0.29, 0.717) is 19.4 Å². The number of carbonyl (C=O) groups is 2. The zero-order valence-corrected chi connectivity index (χ0v) is 14.5. The Balaban J connectivity index is 1.61. The fraction of sp³-hybridized carbons (Fsp3) is 0.421. The second-order valence-corrected chi connectivity index (χ2v) is 6.42. The fourth-order valence-electron chi connectivity index (χ4n) is 3.44. The summed E-state index contributed by atoms with van der Waals surface area (Å²) in [6.45, 7) is 1.38. The summed E-state index contributed by atoms with van der Waals surface area (Å²) < 4.78 is 1.85. The Bertz CT molecular complexity index is 699. The first-order valence-electron chi connectivity index (χ1n) is 8.72. The lowest BCUT2D eigenvalue weighted by Crippen LogP contribution is -2.46. The van der Waals surface area contributed by atoms with Crippen LogP contribution < -0.4 is 5.32 Å². The molecule has 3 rings (SSSR count). The molecule has 6 nitrogen and oxygen atoms in total. The maximum absolute atomic E-state index is 12.7. The molecule has 1 saturated heterocycles. The molecule has 6 heteroatoms. The van der Waals surface area contributed by atoms with Crippen molar-refractivity contribution in [3.05, 3.63) is 54.4 Å². The van der Waals surface area contributed by atoms with Crippen molar-refractivity contribution in [2.75, 3.05) is 13.6 Å². The number of likely N-dealkylation sites (tertiary alicyclic amines) is 1. The van der Waals surface area contributed by atoms with Crippen molar-refractivity contribution in [2.45, 2.75) is 31.8 Å². The van der Waals surface area contributed by atoms with Gasteiger partial charge in [-0.3, -0.25) is 14.3 Å². The van der Waals surface area contributed by atoms with Gasteiger partial charge in [-0.15, -0.1) is 0 Å². The molecule has 2 amide bonds. The predicted octanol–water partition coefficient (Wildman–Crippen LogP) is 2.00. The van der Waals surface area contributed by atoms with Crippen LogP contribution in [0.2, 0.25) is 0 Å². The SMILES string of the molecule is CN1C(=O)CCC(C(=O)NCCCn2cccn2)C1c1ccccc1. The molecule has 0 radical (unpaired) electrons. The van der Waals surface area contributed by atoms with Crippen molar-refractivity contribution < 1.29 is 9.59 Å². The third-order valence-electron chi connectivity index (χ3n) is 4.76. The van der Waals surface area contributed by atoms with Crippen molar-refractivity contribution in [1.29, 1.82) is 0 Å². The van der Waals surface area contributed by atoms with Gasteiger partial charge in [0.1, 0.15) is 0 Å². The Morgan fingerprint density at radius 1 is 1.28 bits per heavy atom. The van der Waals surface area contributed by atoms with Crippen LogP contribution in [0.15, 0.2) is 48.8 Å². The highest BCUT2D eigenvalue weighted by Crippen LogP contribution is 2.35.